The molecule has 0 amide bonds. The molecule has 1 spiro atoms. The molecule has 1 aliphatic heterocycles. The van der Waals surface area contributed by atoms with E-state index in [1.165, 1.54) is 0 Å². The normalized spacial score (nSPS) is 45.3. The molecule has 4 rings (SSSR count). The molecule has 3 aliphatic carbocycles. The number of rotatable bonds is 2. The van der Waals surface area contributed by atoms with E-state index in [4.69, 9.17) is 9.84 Å². The Balaban J connectivity index is 1.98. The summed E-state index contributed by atoms with van der Waals surface area (Å²) in [5.41, 5.74) is -0.570. The molecule has 0 radical (unpaired) electrons. The summed E-state index contributed by atoms with van der Waals surface area (Å²) < 4.78 is 5.19. The fraction of sp³-hybridized carbons (Fsp3) is 0.769. The van der Waals surface area contributed by atoms with E-state index >= 15 is 0 Å². The van der Waals surface area contributed by atoms with Gasteiger partial charge in [0.1, 0.15) is 0 Å². The van der Waals surface area contributed by atoms with E-state index in [1.54, 1.807) is 0 Å². The maximum atomic E-state index is 12.1. The van der Waals surface area contributed by atoms with Crippen LogP contribution in [-0.2, 0) is 9.53 Å². The minimum atomic E-state index is -0.853. The third-order valence-electron chi connectivity index (χ3n) is 4.81. The molecule has 0 unspecified atom stereocenters. The number of aliphatic hydroxyl groups excluding tert-OH is 2. The first kappa shape index (κ1) is 11.2. The van der Waals surface area contributed by atoms with Crippen LogP contribution >= 0.6 is 0 Å². The van der Waals surface area contributed by atoms with Gasteiger partial charge in [-0.2, -0.15) is 0 Å². The highest BCUT2D eigenvalue weighted by atomic mass is 16.5. The van der Waals surface area contributed by atoms with Crippen LogP contribution in [0.1, 0.15) is 19.3 Å². The molecule has 2 bridgehead atoms. The van der Waals surface area contributed by atoms with E-state index < -0.39 is 11.5 Å². The molecular formula is C13H18O4. The second-order valence-electron chi connectivity index (χ2n) is 5.53. The number of fused-ring (bicyclic) bond motifs is 1. The van der Waals surface area contributed by atoms with Crippen LogP contribution in [0, 0.1) is 23.2 Å². The molecule has 0 aromatic heterocycles. The van der Waals surface area contributed by atoms with Gasteiger partial charge in [-0.25, -0.2) is 0 Å². The number of esters is 1. The summed E-state index contributed by atoms with van der Waals surface area (Å²) in [4.78, 5) is 12.1. The van der Waals surface area contributed by atoms with E-state index in [9.17, 15) is 9.90 Å². The van der Waals surface area contributed by atoms with Gasteiger partial charge in [0.15, 0.2) is 0 Å². The van der Waals surface area contributed by atoms with Crippen molar-refractivity contribution in [2.45, 2.75) is 25.4 Å². The van der Waals surface area contributed by atoms with Gasteiger partial charge in [0.05, 0.1) is 24.7 Å². The Morgan fingerprint density at radius 1 is 1.47 bits per heavy atom. The first-order valence-electron chi connectivity index (χ1n) is 6.33. The molecule has 17 heavy (non-hydrogen) atoms. The van der Waals surface area contributed by atoms with Gasteiger partial charge in [0.25, 0.3) is 0 Å². The van der Waals surface area contributed by atoms with Gasteiger partial charge in [-0.05, 0) is 31.1 Å². The minimum Gasteiger partial charge on any atom is -0.465 e. The number of hydrogen-bond donors (Lipinski definition) is 2. The molecule has 5 atom stereocenters. The van der Waals surface area contributed by atoms with Crippen molar-refractivity contribution in [1.29, 1.82) is 0 Å². The number of allylic oxidation sites excluding steroid dienone is 2. The van der Waals surface area contributed by atoms with Crippen molar-refractivity contribution in [2.24, 2.45) is 23.2 Å². The summed E-state index contributed by atoms with van der Waals surface area (Å²) in [5.74, 6) is 0.180. The van der Waals surface area contributed by atoms with E-state index in [-0.39, 0.29) is 31.0 Å². The Kier molecular flexibility index (Phi) is 2.52. The van der Waals surface area contributed by atoms with Crippen molar-refractivity contribution in [2.75, 3.05) is 13.2 Å². The molecule has 4 nitrogen and oxygen atoms in total. The number of carbonyl (C=O) groups excluding carboxylic acids is 1. The molecule has 94 valence electrons. The molecule has 0 aromatic carbocycles. The summed E-state index contributed by atoms with van der Waals surface area (Å²) in [6, 6.07) is 0. The summed E-state index contributed by atoms with van der Waals surface area (Å²) in [6.45, 7) is -0.0538. The number of cyclic esters (lactones) is 1. The van der Waals surface area contributed by atoms with Gasteiger partial charge in [0.2, 0.25) is 0 Å². The van der Waals surface area contributed by atoms with Crippen molar-refractivity contribution in [3.05, 3.63) is 12.2 Å². The molecule has 1 saturated heterocycles. The first-order chi connectivity index (χ1) is 8.18. The predicted octanol–water partition coefficient (Wildman–Crippen LogP) is 0.485. The molecule has 1 saturated carbocycles. The monoisotopic (exact) mass is 238 g/mol. The smallest absolute Gasteiger partial charge is 0.313 e. The van der Waals surface area contributed by atoms with Gasteiger partial charge in [-0.15, -0.1) is 0 Å². The van der Waals surface area contributed by atoms with Crippen molar-refractivity contribution >= 4 is 5.97 Å². The van der Waals surface area contributed by atoms with Crippen molar-refractivity contribution in [3.8, 4) is 0 Å². The summed E-state index contributed by atoms with van der Waals surface area (Å²) in [6.07, 6.45) is 6.33. The zero-order valence-electron chi connectivity index (χ0n) is 9.71. The lowest BCUT2D eigenvalue weighted by Crippen LogP contribution is -2.50. The highest BCUT2D eigenvalue weighted by Crippen LogP contribution is 2.57. The largest absolute Gasteiger partial charge is 0.465 e. The molecule has 4 aliphatic rings. The predicted molar refractivity (Wildman–Crippen MR) is 59.9 cm³/mol. The number of aliphatic hydroxyl groups is 2. The fourth-order valence-electron chi connectivity index (χ4n) is 3.90. The molecule has 2 N–H and O–H groups in total. The van der Waals surface area contributed by atoms with Crippen LogP contribution in [0.3, 0.4) is 0 Å². The van der Waals surface area contributed by atoms with Crippen molar-refractivity contribution in [1.82, 2.24) is 0 Å². The highest BCUT2D eigenvalue weighted by Gasteiger charge is 2.61. The molecule has 4 heteroatoms. The maximum Gasteiger partial charge on any atom is 0.313 e. The minimum absolute atomic E-state index is 0.172. The fourth-order valence-corrected chi connectivity index (χ4v) is 3.90. The van der Waals surface area contributed by atoms with Crippen LogP contribution in [0.5, 0.6) is 0 Å². The van der Waals surface area contributed by atoms with E-state index in [2.05, 4.69) is 12.2 Å². The average Bonchev–Trinajstić information content (AvgIpc) is 2.68. The third-order valence-corrected chi connectivity index (χ3v) is 4.81. The van der Waals surface area contributed by atoms with Crippen LogP contribution in [0.15, 0.2) is 12.2 Å². The van der Waals surface area contributed by atoms with Gasteiger partial charge >= 0.3 is 5.97 Å². The van der Waals surface area contributed by atoms with Crippen molar-refractivity contribution in [3.63, 3.8) is 0 Å². The topological polar surface area (TPSA) is 66.8 Å². The number of ether oxygens (including phenoxy) is 1. The summed E-state index contributed by atoms with van der Waals surface area (Å²) in [5, 5.41) is 19.0. The first-order valence-corrected chi connectivity index (χ1v) is 6.33. The second kappa shape index (κ2) is 3.82. The Hall–Kier alpha value is -0.870. The van der Waals surface area contributed by atoms with E-state index in [1.807, 2.05) is 0 Å². The average molecular weight is 238 g/mol. The summed E-state index contributed by atoms with van der Waals surface area (Å²) in [7, 11) is 0. The van der Waals surface area contributed by atoms with Crippen LogP contribution in [-0.4, -0.2) is 35.5 Å². The quantitative estimate of drug-likeness (QED) is 0.542. The van der Waals surface area contributed by atoms with Gasteiger partial charge in [-0.3, -0.25) is 4.79 Å². The number of carbonyl (C=O) groups is 1. The molecular weight excluding hydrogens is 220 g/mol. The van der Waals surface area contributed by atoms with E-state index in [0.717, 1.165) is 19.3 Å². The summed E-state index contributed by atoms with van der Waals surface area (Å²) >= 11 is 0. The number of hydrogen-bond acceptors (Lipinski definition) is 4. The zero-order valence-corrected chi connectivity index (χ0v) is 9.71. The van der Waals surface area contributed by atoms with Crippen LogP contribution in [0.4, 0.5) is 0 Å². The van der Waals surface area contributed by atoms with Gasteiger partial charge in [0, 0.05) is 5.92 Å². The molecule has 0 aromatic rings. The van der Waals surface area contributed by atoms with Gasteiger partial charge in [-0.1, -0.05) is 12.2 Å². The van der Waals surface area contributed by atoms with Gasteiger partial charge < -0.3 is 14.9 Å². The van der Waals surface area contributed by atoms with Crippen LogP contribution in [0.2, 0.25) is 0 Å². The van der Waals surface area contributed by atoms with Crippen molar-refractivity contribution < 1.29 is 19.7 Å². The Bertz CT molecular complexity index is 364. The maximum absolute atomic E-state index is 12.1. The Labute approximate surface area is 100 Å². The third kappa shape index (κ3) is 1.40. The molecule has 1 heterocycles. The van der Waals surface area contributed by atoms with E-state index in [0.29, 0.717) is 5.92 Å². The molecule has 2 fully saturated rings. The SMILES string of the molecule is O=C1OC[C@H]([C@@H](O)CO)[C@]12C[C@H]1C=C[C@@H]2CC1. The zero-order chi connectivity index (χ0) is 12.0. The lowest BCUT2D eigenvalue weighted by Gasteiger charge is -2.47. The lowest BCUT2D eigenvalue weighted by molar-refractivity contribution is -0.153. The van der Waals surface area contributed by atoms with Crippen LogP contribution < -0.4 is 0 Å². The lowest BCUT2D eigenvalue weighted by atomic mass is 9.54. The standard InChI is InChI=1S/C13H18O4/c14-6-11(15)10-7-17-12(16)13(10)5-8-1-3-9(13)4-2-8/h1,3,8-11,14-15H,2,4-7H2/t8-,9+,10+,11-,13+/m0/s1. The Morgan fingerprint density at radius 3 is 2.82 bits per heavy atom. The second-order valence-corrected chi connectivity index (χ2v) is 5.53. The van der Waals surface area contributed by atoms with Crippen LogP contribution in [0.25, 0.3) is 0 Å². The Morgan fingerprint density at radius 2 is 2.29 bits per heavy atom. The highest BCUT2D eigenvalue weighted by molar-refractivity contribution is 5.80.